The Labute approximate surface area is 226 Å². The van der Waals surface area contributed by atoms with Crippen molar-refractivity contribution in [3.05, 3.63) is 51.0 Å². The highest BCUT2D eigenvalue weighted by atomic mass is 32.1. The minimum Gasteiger partial charge on any atom is -0.397 e. The predicted molar refractivity (Wildman–Crippen MR) is 145 cm³/mol. The van der Waals surface area contributed by atoms with E-state index in [2.05, 4.69) is 25.7 Å². The maximum atomic E-state index is 13.3. The minimum absolute atomic E-state index is 0.0161. The molecule has 2 heterocycles. The Hall–Kier alpha value is -3.51. The molecule has 1 aromatic carbocycles. The first-order valence-corrected chi connectivity index (χ1v) is 13.4. The zero-order valence-corrected chi connectivity index (χ0v) is 23.0. The van der Waals surface area contributed by atoms with E-state index in [9.17, 15) is 14.4 Å². The Morgan fingerprint density at radius 1 is 1.16 bits per heavy atom. The fourth-order valence-corrected chi connectivity index (χ4v) is 6.06. The molecule has 1 saturated carbocycles. The van der Waals surface area contributed by atoms with Gasteiger partial charge in [-0.05, 0) is 38.4 Å². The summed E-state index contributed by atoms with van der Waals surface area (Å²) in [6.45, 7) is 1.69. The van der Waals surface area contributed by atoms with Gasteiger partial charge in [0.15, 0.2) is 10.8 Å². The van der Waals surface area contributed by atoms with Gasteiger partial charge in [-0.3, -0.25) is 14.4 Å². The summed E-state index contributed by atoms with van der Waals surface area (Å²) in [6, 6.07) is 5.99. The van der Waals surface area contributed by atoms with Crippen molar-refractivity contribution in [3.8, 4) is 0 Å². The van der Waals surface area contributed by atoms with E-state index in [-0.39, 0.29) is 35.5 Å². The van der Waals surface area contributed by atoms with E-state index in [1.54, 1.807) is 43.3 Å². The third-order valence-corrected chi connectivity index (χ3v) is 8.08. The molecule has 3 amide bonds. The molecule has 204 valence electrons. The largest absolute Gasteiger partial charge is 0.397 e. The first-order chi connectivity index (χ1) is 18.2. The maximum Gasteiger partial charge on any atom is 0.280 e. The van der Waals surface area contributed by atoms with Crippen molar-refractivity contribution in [1.29, 1.82) is 0 Å². The highest BCUT2D eigenvalue weighted by molar-refractivity contribution is 7.13. The number of amidine groups is 1. The zero-order valence-electron chi connectivity index (χ0n) is 22.2. The number of hydrogen-bond acceptors (Lipinski definition) is 8. The van der Waals surface area contributed by atoms with Crippen LogP contribution in [0.4, 0.5) is 0 Å². The standard InChI is InChI=1S/C26H35N7O4S/c1-32(2)26(36)17-8-9-18(28-23(34)16-7-5-6-15(12-16)22(27)31-37-4)20(13-17)29-24(35)25-30-19-10-11-33(3)14-21(19)38-25/h5-7,12,17-18,20H,8-11,13-14H2,1-4H3,(H2,27,31)(H,28,34)(H,29,35)/t17?,18-,20+/m0/s1. The number of fused-ring (bicyclic) bond motifs is 1. The number of rotatable bonds is 7. The van der Waals surface area contributed by atoms with E-state index in [1.807, 2.05) is 7.05 Å². The second-order valence-corrected chi connectivity index (χ2v) is 11.1. The number of nitrogens with one attached hydrogen (secondary N) is 2. The lowest BCUT2D eigenvalue weighted by Crippen LogP contribution is -2.55. The van der Waals surface area contributed by atoms with Gasteiger partial charge in [-0.1, -0.05) is 17.3 Å². The molecule has 0 bridgehead atoms. The highest BCUT2D eigenvalue weighted by Gasteiger charge is 2.37. The molecule has 1 unspecified atom stereocenters. The summed E-state index contributed by atoms with van der Waals surface area (Å²) in [4.78, 5) is 53.4. The Morgan fingerprint density at radius 3 is 2.63 bits per heavy atom. The number of benzene rings is 1. The highest BCUT2D eigenvalue weighted by Crippen LogP contribution is 2.28. The smallest absolute Gasteiger partial charge is 0.280 e. The molecule has 0 saturated heterocycles. The summed E-state index contributed by atoms with van der Waals surface area (Å²) in [5.74, 6) is -0.643. The van der Waals surface area contributed by atoms with Crippen LogP contribution in [-0.2, 0) is 22.6 Å². The van der Waals surface area contributed by atoms with Crippen molar-refractivity contribution in [1.82, 2.24) is 25.4 Å². The molecule has 4 rings (SSSR count). The number of nitrogens with zero attached hydrogens (tertiary/aromatic N) is 4. The van der Waals surface area contributed by atoms with Crippen LogP contribution in [0.15, 0.2) is 29.4 Å². The van der Waals surface area contributed by atoms with Crippen LogP contribution >= 0.6 is 11.3 Å². The van der Waals surface area contributed by atoms with Gasteiger partial charge in [0.05, 0.1) is 11.7 Å². The van der Waals surface area contributed by atoms with Crippen molar-refractivity contribution >= 4 is 34.9 Å². The average molecular weight is 542 g/mol. The summed E-state index contributed by atoms with van der Waals surface area (Å²) in [6.07, 6.45) is 2.40. The molecular formula is C26H35N7O4S. The fourth-order valence-electron chi connectivity index (χ4n) is 4.97. The van der Waals surface area contributed by atoms with Crippen LogP contribution in [0.2, 0.25) is 0 Å². The third kappa shape index (κ3) is 6.30. The summed E-state index contributed by atoms with van der Waals surface area (Å²) < 4.78 is 0. The third-order valence-electron chi connectivity index (χ3n) is 7.00. The number of thiazole rings is 1. The number of nitrogens with two attached hydrogens (primary N) is 1. The van der Waals surface area contributed by atoms with Gasteiger partial charge in [-0.15, -0.1) is 11.3 Å². The van der Waals surface area contributed by atoms with Gasteiger partial charge in [-0.2, -0.15) is 0 Å². The summed E-state index contributed by atoms with van der Waals surface area (Å²) in [5.41, 5.74) is 7.85. The molecule has 2 aliphatic rings. The van der Waals surface area contributed by atoms with Crippen LogP contribution in [0.5, 0.6) is 0 Å². The van der Waals surface area contributed by atoms with E-state index in [4.69, 9.17) is 10.6 Å². The van der Waals surface area contributed by atoms with Crippen molar-refractivity contribution in [3.63, 3.8) is 0 Å². The number of carbonyl (C=O) groups excluding carboxylic acids is 3. The molecule has 4 N–H and O–H groups in total. The first kappa shape index (κ1) is 27.5. The van der Waals surface area contributed by atoms with Gasteiger partial charge in [-0.25, -0.2) is 4.98 Å². The Morgan fingerprint density at radius 2 is 1.89 bits per heavy atom. The topological polar surface area (TPSA) is 142 Å². The lowest BCUT2D eigenvalue weighted by atomic mass is 9.81. The van der Waals surface area contributed by atoms with Crippen molar-refractivity contribution < 1.29 is 19.2 Å². The first-order valence-electron chi connectivity index (χ1n) is 12.6. The monoisotopic (exact) mass is 541 g/mol. The number of oxime groups is 1. The summed E-state index contributed by atoms with van der Waals surface area (Å²) in [7, 11) is 6.90. The van der Waals surface area contributed by atoms with Crippen LogP contribution in [0.25, 0.3) is 0 Å². The molecule has 1 aliphatic carbocycles. The van der Waals surface area contributed by atoms with E-state index >= 15 is 0 Å². The molecule has 1 aliphatic heterocycles. The lowest BCUT2D eigenvalue weighted by molar-refractivity contribution is -0.134. The average Bonchev–Trinajstić information content (AvgIpc) is 3.32. The van der Waals surface area contributed by atoms with Crippen molar-refractivity contribution in [2.75, 3.05) is 34.8 Å². The van der Waals surface area contributed by atoms with E-state index in [0.29, 0.717) is 35.4 Å². The Kier molecular flexibility index (Phi) is 8.62. The number of likely N-dealkylation sites (N-methyl/N-ethyl adjacent to an activating group) is 1. The van der Waals surface area contributed by atoms with Crippen LogP contribution in [0.1, 0.15) is 55.6 Å². The van der Waals surface area contributed by atoms with E-state index < -0.39 is 6.04 Å². The number of aromatic nitrogens is 1. The molecule has 0 spiro atoms. The van der Waals surface area contributed by atoms with Gasteiger partial charge in [0.25, 0.3) is 11.8 Å². The minimum atomic E-state index is -0.430. The van der Waals surface area contributed by atoms with Gasteiger partial charge in [0.1, 0.15) is 7.11 Å². The molecule has 1 fully saturated rings. The zero-order chi connectivity index (χ0) is 27.4. The molecule has 38 heavy (non-hydrogen) atoms. The van der Waals surface area contributed by atoms with Gasteiger partial charge in [0.2, 0.25) is 5.91 Å². The second kappa shape index (κ2) is 11.9. The molecule has 11 nitrogen and oxygen atoms in total. The quantitative estimate of drug-likeness (QED) is 0.271. The second-order valence-electron chi connectivity index (χ2n) is 10.0. The number of carbonyl (C=O) groups is 3. The number of hydrogen-bond donors (Lipinski definition) is 3. The maximum absolute atomic E-state index is 13.3. The molecule has 1 aromatic heterocycles. The molecular weight excluding hydrogens is 506 g/mol. The fraction of sp³-hybridized carbons (Fsp3) is 0.500. The van der Waals surface area contributed by atoms with Crippen molar-refractivity contribution in [2.24, 2.45) is 16.8 Å². The summed E-state index contributed by atoms with van der Waals surface area (Å²) >= 11 is 1.41. The molecule has 0 radical (unpaired) electrons. The van der Waals surface area contributed by atoms with E-state index in [0.717, 1.165) is 30.1 Å². The van der Waals surface area contributed by atoms with Crippen LogP contribution in [0.3, 0.4) is 0 Å². The molecule has 12 heteroatoms. The SMILES string of the molecule is CO/N=C(\N)c1cccc(C(=O)N[C@H]2CCC(C(=O)N(C)C)C[C@H]2NC(=O)c2nc3c(s2)CN(C)CC3)c1. The number of amides is 3. The lowest BCUT2D eigenvalue weighted by Gasteiger charge is -2.37. The van der Waals surface area contributed by atoms with Crippen LogP contribution in [0, 0.1) is 5.92 Å². The van der Waals surface area contributed by atoms with Crippen LogP contribution < -0.4 is 16.4 Å². The van der Waals surface area contributed by atoms with Gasteiger partial charge in [0, 0.05) is 61.6 Å². The van der Waals surface area contributed by atoms with E-state index in [1.165, 1.54) is 18.4 Å². The molecule has 3 atom stereocenters. The summed E-state index contributed by atoms with van der Waals surface area (Å²) in [5, 5.41) is 10.3. The Balaban J connectivity index is 1.51. The van der Waals surface area contributed by atoms with Gasteiger partial charge >= 0.3 is 0 Å². The van der Waals surface area contributed by atoms with Crippen molar-refractivity contribution in [2.45, 2.75) is 44.3 Å². The normalized spacial score (nSPS) is 21.8. The van der Waals surface area contributed by atoms with Crippen LogP contribution in [-0.4, -0.2) is 85.2 Å². The Bertz CT molecular complexity index is 1230. The molecule has 2 aromatic rings. The van der Waals surface area contributed by atoms with Gasteiger partial charge < -0.3 is 31.0 Å². The predicted octanol–water partition coefficient (Wildman–Crippen LogP) is 1.18.